The van der Waals surface area contributed by atoms with E-state index in [4.69, 9.17) is 5.73 Å². The van der Waals surface area contributed by atoms with E-state index in [1.165, 1.54) is 19.3 Å². The highest BCUT2D eigenvalue weighted by Crippen LogP contribution is 2.36. The molecule has 16 heavy (non-hydrogen) atoms. The Balaban J connectivity index is 1.96. The van der Waals surface area contributed by atoms with E-state index < -0.39 is 0 Å². The van der Waals surface area contributed by atoms with Gasteiger partial charge in [-0.15, -0.1) is 0 Å². The molecule has 0 atom stereocenters. The van der Waals surface area contributed by atoms with Gasteiger partial charge in [-0.3, -0.25) is 4.98 Å². The molecule has 0 aliphatic heterocycles. The van der Waals surface area contributed by atoms with Gasteiger partial charge in [0.15, 0.2) is 0 Å². The van der Waals surface area contributed by atoms with E-state index in [-0.39, 0.29) is 0 Å². The minimum atomic E-state index is 0.324. The predicted octanol–water partition coefficient (Wildman–Crippen LogP) is 1.56. The van der Waals surface area contributed by atoms with E-state index in [1.54, 1.807) is 6.20 Å². The number of likely N-dealkylation sites (N-methyl/N-ethyl adjacent to an activating group) is 1. The Hall–Kier alpha value is -1.29. The van der Waals surface area contributed by atoms with Crippen molar-refractivity contribution >= 4 is 11.4 Å². The molecule has 4 heteroatoms. The number of hydrogen-bond donors (Lipinski definition) is 2. The average Bonchev–Trinajstić information content (AvgIpc) is 2.15. The topological polar surface area (TPSA) is 54.2 Å². The third-order valence-electron chi connectivity index (χ3n) is 3.61. The van der Waals surface area contributed by atoms with Crippen LogP contribution in [-0.4, -0.2) is 36.1 Å². The van der Waals surface area contributed by atoms with Crippen LogP contribution in [0.15, 0.2) is 18.5 Å². The van der Waals surface area contributed by atoms with Crippen molar-refractivity contribution in [3.8, 4) is 0 Å². The fourth-order valence-electron chi connectivity index (χ4n) is 2.19. The molecule has 88 valence electrons. The van der Waals surface area contributed by atoms with Gasteiger partial charge in [-0.25, -0.2) is 0 Å². The smallest absolute Gasteiger partial charge is 0.0548 e. The number of nitrogen functional groups attached to an aromatic ring is 1. The first-order valence-electron chi connectivity index (χ1n) is 5.74. The van der Waals surface area contributed by atoms with Crippen molar-refractivity contribution in [3.05, 3.63) is 18.5 Å². The van der Waals surface area contributed by atoms with Crippen LogP contribution >= 0.6 is 0 Å². The van der Waals surface area contributed by atoms with E-state index in [0.717, 1.165) is 12.2 Å². The molecular weight excluding hydrogens is 200 g/mol. The summed E-state index contributed by atoms with van der Waals surface area (Å²) in [6.07, 6.45) is 7.34. The SMILES string of the molecule is CN(C)C1(CNc2cncc(N)c2)CCC1. The summed E-state index contributed by atoms with van der Waals surface area (Å²) < 4.78 is 0. The first-order valence-corrected chi connectivity index (χ1v) is 5.74. The van der Waals surface area contributed by atoms with Crippen LogP contribution in [0.3, 0.4) is 0 Å². The first-order chi connectivity index (χ1) is 7.62. The van der Waals surface area contributed by atoms with Crippen molar-refractivity contribution in [1.82, 2.24) is 9.88 Å². The minimum Gasteiger partial charge on any atom is -0.397 e. The Morgan fingerprint density at radius 2 is 2.19 bits per heavy atom. The molecule has 1 aliphatic carbocycles. The zero-order valence-electron chi connectivity index (χ0n) is 10.0. The van der Waals surface area contributed by atoms with Gasteiger partial charge >= 0.3 is 0 Å². The summed E-state index contributed by atoms with van der Waals surface area (Å²) in [4.78, 5) is 6.40. The van der Waals surface area contributed by atoms with Crippen molar-refractivity contribution in [1.29, 1.82) is 0 Å². The van der Waals surface area contributed by atoms with E-state index >= 15 is 0 Å². The normalized spacial score (nSPS) is 18.2. The number of nitrogens with two attached hydrogens (primary N) is 1. The minimum absolute atomic E-state index is 0.324. The maximum Gasteiger partial charge on any atom is 0.0548 e. The molecule has 1 aromatic heterocycles. The van der Waals surface area contributed by atoms with Crippen LogP contribution in [0.4, 0.5) is 11.4 Å². The molecule has 0 bridgehead atoms. The molecule has 3 N–H and O–H groups in total. The molecular formula is C12H20N4. The number of anilines is 2. The molecule has 2 rings (SSSR count). The second-order valence-corrected chi connectivity index (χ2v) is 4.83. The monoisotopic (exact) mass is 220 g/mol. The Labute approximate surface area is 96.8 Å². The summed E-state index contributed by atoms with van der Waals surface area (Å²) in [5, 5.41) is 3.43. The van der Waals surface area contributed by atoms with Crippen LogP contribution in [0.5, 0.6) is 0 Å². The third-order valence-corrected chi connectivity index (χ3v) is 3.61. The molecule has 1 aromatic rings. The lowest BCUT2D eigenvalue weighted by Gasteiger charge is -2.47. The molecule has 0 aromatic carbocycles. The Kier molecular flexibility index (Phi) is 3.01. The Morgan fingerprint density at radius 3 is 2.69 bits per heavy atom. The second kappa shape index (κ2) is 4.29. The van der Waals surface area contributed by atoms with Gasteiger partial charge in [0.1, 0.15) is 0 Å². The number of nitrogens with one attached hydrogen (secondary N) is 1. The van der Waals surface area contributed by atoms with Crippen LogP contribution in [0.25, 0.3) is 0 Å². The van der Waals surface area contributed by atoms with E-state index in [9.17, 15) is 0 Å². The molecule has 1 heterocycles. The zero-order valence-corrected chi connectivity index (χ0v) is 10.0. The van der Waals surface area contributed by atoms with Gasteiger partial charge in [-0.2, -0.15) is 0 Å². The quantitative estimate of drug-likeness (QED) is 0.808. The van der Waals surface area contributed by atoms with Crippen molar-refractivity contribution in [2.75, 3.05) is 31.7 Å². The molecule has 0 amide bonds. The lowest BCUT2D eigenvalue weighted by molar-refractivity contribution is 0.0739. The number of pyridine rings is 1. The predicted molar refractivity (Wildman–Crippen MR) is 67.4 cm³/mol. The highest BCUT2D eigenvalue weighted by Gasteiger charge is 2.38. The fourth-order valence-corrected chi connectivity index (χ4v) is 2.19. The van der Waals surface area contributed by atoms with Gasteiger partial charge < -0.3 is 16.0 Å². The highest BCUT2D eigenvalue weighted by molar-refractivity contribution is 5.51. The highest BCUT2D eigenvalue weighted by atomic mass is 15.2. The molecule has 1 aliphatic rings. The lowest BCUT2D eigenvalue weighted by atomic mass is 9.75. The summed E-state index contributed by atoms with van der Waals surface area (Å²) in [6, 6.07) is 1.93. The van der Waals surface area contributed by atoms with Crippen molar-refractivity contribution in [3.63, 3.8) is 0 Å². The van der Waals surface area contributed by atoms with Crippen molar-refractivity contribution < 1.29 is 0 Å². The molecule has 0 saturated heterocycles. The number of nitrogens with zero attached hydrogens (tertiary/aromatic N) is 2. The van der Waals surface area contributed by atoms with Gasteiger partial charge in [-0.1, -0.05) is 0 Å². The summed E-state index contributed by atoms with van der Waals surface area (Å²) in [7, 11) is 4.30. The van der Waals surface area contributed by atoms with Crippen LogP contribution in [0.1, 0.15) is 19.3 Å². The Morgan fingerprint density at radius 1 is 1.44 bits per heavy atom. The van der Waals surface area contributed by atoms with Gasteiger partial charge in [0.25, 0.3) is 0 Å². The van der Waals surface area contributed by atoms with Gasteiger partial charge in [0, 0.05) is 18.3 Å². The first kappa shape index (κ1) is 11.2. The van der Waals surface area contributed by atoms with Crippen LogP contribution in [-0.2, 0) is 0 Å². The van der Waals surface area contributed by atoms with Crippen molar-refractivity contribution in [2.24, 2.45) is 0 Å². The van der Waals surface area contributed by atoms with Crippen molar-refractivity contribution in [2.45, 2.75) is 24.8 Å². The zero-order chi connectivity index (χ0) is 11.6. The molecule has 0 unspecified atom stereocenters. The molecule has 4 nitrogen and oxygen atoms in total. The van der Waals surface area contributed by atoms with Crippen LogP contribution in [0, 0.1) is 0 Å². The van der Waals surface area contributed by atoms with Crippen LogP contribution < -0.4 is 11.1 Å². The number of hydrogen-bond acceptors (Lipinski definition) is 4. The third kappa shape index (κ3) is 2.11. The van der Waals surface area contributed by atoms with E-state index in [0.29, 0.717) is 11.2 Å². The second-order valence-electron chi connectivity index (χ2n) is 4.83. The van der Waals surface area contributed by atoms with E-state index in [2.05, 4.69) is 29.3 Å². The molecule has 1 saturated carbocycles. The van der Waals surface area contributed by atoms with Gasteiger partial charge in [0.2, 0.25) is 0 Å². The maximum absolute atomic E-state index is 5.69. The standard InChI is InChI=1S/C12H20N4/c1-16(2)12(4-3-5-12)9-15-11-6-10(13)7-14-8-11/h6-8,15H,3-5,9,13H2,1-2H3. The molecule has 1 fully saturated rings. The maximum atomic E-state index is 5.69. The summed E-state index contributed by atoms with van der Waals surface area (Å²) in [5.41, 5.74) is 7.73. The largest absolute Gasteiger partial charge is 0.397 e. The van der Waals surface area contributed by atoms with Crippen LogP contribution in [0.2, 0.25) is 0 Å². The molecule has 0 spiro atoms. The fraction of sp³-hybridized carbons (Fsp3) is 0.583. The van der Waals surface area contributed by atoms with Gasteiger partial charge in [0.05, 0.1) is 17.6 Å². The molecule has 0 radical (unpaired) electrons. The summed E-state index contributed by atoms with van der Waals surface area (Å²) in [6.45, 7) is 0.963. The number of rotatable bonds is 4. The Bertz CT molecular complexity index is 358. The van der Waals surface area contributed by atoms with E-state index in [1.807, 2.05) is 12.3 Å². The lowest BCUT2D eigenvalue weighted by Crippen LogP contribution is -2.54. The van der Waals surface area contributed by atoms with Gasteiger partial charge in [-0.05, 0) is 39.4 Å². The average molecular weight is 220 g/mol. The summed E-state index contributed by atoms with van der Waals surface area (Å²) in [5.74, 6) is 0. The summed E-state index contributed by atoms with van der Waals surface area (Å²) >= 11 is 0. The number of aromatic nitrogens is 1.